The standard InChI is InChI=1S/C14H20N4O/c1-10(15)11-4-5-16-13(8-11)17-6-7-18-12(9-17)2-3-14(18)19/h4-5,8,10,12H,2-3,6-7,9,15H2,1H3. The fourth-order valence-electron chi connectivity index (χ4n) is 2.96. The third kappa shape index (κ3) is 2.30. The number of carbonyl (C=O) groups is 1. The summed E-state index contributed by atoms with van der Waals surface area (Å²) in [5, 5.41) is 0. The highest BCUT2D eigenvalue weighted by molar-refractivity contribution is 5.79. The summed E-state index contributed by atoms with van der Waals surface area (Å²) in [6.07, 6.45) is 3.49. The van der Waals surface area contributed by atoms with Gasteiger partial charge in [0, 0.05) is 44.3 Å². The van der Waals surface area contributed by atoms with Gasteiger partial charge in [0.2, 0.25) is 5.91 Å². The first-order chi connectivity index (χ1) is 9.15. The number of aromatic nitrogens is 1. The SMILES string of the molecule is CC(N)c1ccnc(N2CCN3C(=O)CCC3C2)c1. The van der Waals surface area contributed by atoms with Crippen LogP contribution in [0.2, 0.25) is 0 Å². The van der Waals surface area contributed by atoms with Crippen molar-refractivity contribution < 1.29 is 4.79 Å². The first kappa shape index (κ1) is 12.4. The fourth-order valence-corrected chi connectivity index (χ4v) is 2.96. The Morgan fingerprint density at radius 1 is 1.47 bits per heavy atom. The van der Waals surface area contributed by atoms with Gasteiger partial charge in [-0.25, -0.2) is 4.98 Å². The number of hydrogen-bond donors (Lipinski definition) is 1. The van der Waals surface area contributed by atoms with Crippen LogP contribution in [0.5, 0.6) is 0 Å². The van der Waals surface area contributed by atoms with E-state index >= 15 is 0 Å². The van der Waals surface area contributed by atoms with Crippen LogP contribution in [-0.2, 0) is 4.79 Å². The first-order valence-electron chi connectivity index (χ1n) is 6.91. The van der Waals surface area contributed by atoms with Gasteiger partial charge in [0.25, 0.3) is 0 Å². The smallest absolute Gasteiger partial charge is 0.223 e. The van der Waals surface area contributed by atoms with Gasteiger partial charge in [-0.05, 0) is 31.0 Å². The highest BCUT2D eigenvalue weighted by Gasteiger charge is 2.35. The zero-order chi connectivity index (χ0) is 13.4. The number of carbonyl (C=O) groups excluding carboxylic acids is 1. The minimum Gasteiger partial charge on any atom is -0.353 e. The van der Waals surface area contributed by atoms with E-state index in [9.17, 15) is 4.79 Å². The molecule has 0 spiro atoms. The summed E-state index contributed by atoms with van der Waals surface area (Å²) in [5.74, 6) is 1.29. The van der Waals surface area contributed by atoms with Crippen molar-refractivity contribution in [2.24, 2.45) is 5.73 Å². The van der Waals surface area contributed by atoms with E-state index in [1.54, 1.807) is 0 Å². The molecule has 1 aromatic rings. The Labute approximate surface area is 113 Å². The van der Waals surface area contributed by atoms with Crippen LogP contribution >= 0.6 is 0 Å². The molecule has 1 amide bonds. The fraction of sp³-hybridized carbons (Fsp3) is 0.571. The van der Waals surface area contributed by atoms with Crippen molar-refractivity contribution in [1.82, 2.24) is 9.88 Å². The van der Waals surface area contributed by atoms with Crippen LogP contribution in [0.25, 0.3) is 0 Å². The van der Waals surface area contributed by atoms with Crippen LogP contribution in [0.3, 0.4) is 0 Å². The quantitative estimate of drug-likeness (QED) is 0.858. The van der Waals surface area contributed by atoms with Crippen LogP contribution in [0.1, 0.15) is 31.4 Å². The first-order valence-corrected chi connectivity index (χ1v) is 6.91. The van der Waals surface area contributed by atoms with Gasteiger partial charge in [-0.1, -0.05) is 0 Å². The van der Waals surface area contributed by atoms with E-state index in [-0.39, 0.29) is 6.04 Å². The molecule has 0 saturated carbocycles. The molecular formula is C14H20N4O. The molecule has 2 aliphatic heterocycles. The van der Waals surface area contributed by atoms with Gasteiger partial charge >= 0.3 is 0 Å². The monoisotopic (exact) mass is 260 g/mol. The van der Waals surface area contributed by atoms with Crippen LogP contribution in [0.15, 0.2) is 18.3 Å². The molecule has 0 radical (unpaired) electrons. The number of nitrogens with two attached hydrogens (primary N) is 1. The molecule has 0 bridgehead atoms. The van der Waals surface area contributed by atoms with Gasteiger partial charge in [0.05, 0.1) is 0 Å². The molecule has 0 aliphatic carbocycles. The lowest BCUT2D eigenvalue weighted by molar-refractivity contribution is -0.129. The normalized spacial score (nSPS) is 24.5. The van der Waals surface area contributed by atoms with Gasteiger partial charge in [-0.15, -0.1) is 0 Å². The number of rotatable bonds is 2. The summed E-state index contributed by atoms with van der Waals surface area (Å²) in [5.41, 5.74) is 7.02. The zero-order valence-electron chi connectivity index (χ0n) is 11.2. The summed E-state index contributed by atoms with van der Waals surface area (Å²) in [6, 6.07) is 4.42. The highest BCUT2D eigenvalue weighted by atomic mass is 16.2. The predicted molar refractivity (Wildman–Crippen MR) is 73.8 cm³/mol. The lowest BCUT2D eigenvalue weighted by Gasteiger charge is -2.38. The molecule has 2 aliphatic rings. The van der Waals surface area contributed by atoms with E-state index in [0.717, 1.165) is 37.4 Å². The van der Waals surface area contributed by atoms with Crippen molar-refractivity contribution in [2.45, 2.75) is 31.8 Å². The Bertz CT molecular complexity index is 488. The van der Waals surface area contributed by atoms with Gasteiger partial charge in [-0.2, -0.15) is 0 Å². The molecule has 1 aromatic heterocycles. The van der Waals surface area contributed by atoms with Crippen LogP contribution < -0.4 is 10.6 Å². The maximum absolute atomic E-state index is 11.7. The lowest BCUT2D eigenvalue weighted by atomic mass is 10.1. The van der Waals surface area contributed by atoms with Crippen molar-refractivity contribution in [2.75, 3.05) is 24.5 Å². The minimum atomic E-state index is 0.0242. The molecule has 0 aromatic carbocycles. The zero-order valence-corrected chi connectivity index (χ0v) is 11.2. The molecule has 3 heterocycles. The average Bonchev–Trinajstić information content (AvgIpc) is 2.80. The molecule has 5 nitrogen and oxygen atoms in total. The maximum atomic E-state index is 11.7. The second kappa shape index (κ2) is 4.81. The van der Waals surface area contributed by atoms with Crippen LogP contribution in [-0.4, -0.2) is 41.5 Å². The molecular weight excluding hydrogens is 240 g/mol. The van der Waals surface area contributed by atoms with Crippen molar-refractivity contribution in [3.8, 4) is 0 Å². The Morgan fingerprint density at radius 3 is 3.11 bits per heavy atom. The van der Waals surface area contributed by atoms with Crippen molar-refractivity contribution >= 4 is 11.7 Å². The van der Waals surface area contributed by atoms with Crippen molar-refractivity contribution in [3.63, 3.8) is 0 Å². The van der Waals surface area contributed by atoms with E-state index in [4.69, 9.17) is 5.73 Å². The summed E-state index contributed by atoms with van der Waals surface area (Å²) in [7, 11) is 0. The van der Waals surface area contributed by atoms with Crippen LogP contribution in [0, 0.1) is 0 Å². The van der Waals surface area contributed by atoms with E-state index in [2.05, 4.69) is 16.0 Å². The number of pyridine rings is 1. The minimum absolute atomic E-state index is 0.0242. The Balaban J connectivity index is 1.77. The van der Waals surface area contributed by atoms with Gasteiger partial charge < -0.3 is 15.5 Å². The van der Waals surface area contributed by atoms with E-state index < -0.39 is 0 Å². The third-order valence-corrected chi connectivity index (χ3v) is 4.11. The average molecular weight is 260 g/mol. The number of hydrogen-bond acceptors (Lipinski definition) is 4. The van der Waals surface area contributed by atoms with E-state index in [0.29, 0.717) is 18.4 Å². The Kier molecular flexibility index (Phi) is 3.14. The molecule has 19 heavy (non-hydrogen) atoms. The van der Waals surface area contributed by atoms with E-state index in [1.165, 1.54) is 0 Å². The number of piperazine rings is 1. The van der Waals surface area contributed by atoms with Gasteiger partial charge in [-0.3, -0.25) is 4.79 Å². The van der Waals surface area contributed by atoms with Gasteiger partial charge in [0.15, 0.2) is 0 Å². The summed E-state index contributed by atoms with van der Waals surface area (Å²) < 4.78 is 0. The second-order valence-electron chi connectivity index (χ2n) is 5.46. The topological polar surface area (TPSA) is 62.5 Å². The highest BCUT2D eigenvalue weighted by Crippen LogP contribution is 2.26. The summed E-state index contributed by atoms with van der Waals surface area (Å²) >= 11 is 0. The molecule has 2 atom stereocenters. The number of fused-ring (bicyclic) bond motifs is 1. The van der Waals surface area contributed by atoms with Crippen molar-refractivity contribution in [1.29, 1.82) is 0 Å². The van der Waals surface area contributed by atoms with E-state index in [1.807, 2.05) is 24.1 Å². The molecule has 5 heteroatoms. The second-order valence-corrected chi connectivity index (χ2v) is 5.46. The number of amides is 1. The summed E-state index contributed by atoms with van der Waals surface area (Å²) in [4.78, 5) is 20.4. The Morgan fingerprint density at radius 2 is 2.32 bits per heavy atom. The Hall–Kier alpha value is -1.62. The maximum Gasteiger partial charge on any atom is 0.223 e. The molecule has 102 valence electrons. The molecule has 2 saturated heterocycles. The molecule has 2 fully saturated rings. The van der Waals surface area contributed by atoms with Gasteiger partial charge in [0.1, 0.15) is 5.82 Å². The molecule has 2 unspecified atom stereocenters. The molecule has 2 N–H and O–H groups in total. The predicted octanol–water partition coefficient (Wildman–Crippen LogP) is 0.912. The molecule has 3 rings (SSSR count). The largest absolute Gasteiger partial charge is 0.353 e. The van der Waals surface area contributed by atoms with Crippen molar-refractivity contribution in [3.05, 3.63) is 23.9 Å². The number of anilines is 1. The lowest BCUT2D eigenvalue weighted by Crippen LogP contribution is -2.51. The summed E-state index contributed by atoms with van der Waals surface area (Å²) in [6.45, 7) is 4.54. The number of nitrogens with zero attached hydrogens (tertiary/aromatic N) is 3. The van der Waals surface area contributed by atoms with Crippen LogP contribution in [0.4, 0.5) is 5.82 Å². The third-order valence-electron chi connectivity index (χ3n) is 4.11.